The summed E-state index contributed by atoms with van der Waals surface area (Å²) in [6.07, 6.45) is 2.38. The summed E-state index contributed by atoms with van der Waals surface area (Å²) in [4.78, 5) is 26.2. The van der Waals surface area contributed by atoms with Crippen LogP contribution in [0.2, 0.25) is 0 Å². The van der Waals surface area contributed by atoms with Crippen molar-refractivity contribution in [1.82, 2.24) is 10.2 Å². The molecular weight excluding hydrogens is 292 g/mol. The Morgan fingerprint density at radius 2 is 1.90 bits per heavy atom. The number of carbonyl (C=O) groups excluding carboxylic acids is 2. The number of nitrogens with one attached hydrogen (secondary N) is 1. The molecule has 1 saturated carbocycles. The Morgan fingerprint density at radius 1 is 1.29 bits per heavy atom. The molecule has 0 aromatic carbocycles. The van der Waals surface area contributed by atoms with Crippen LogP contribution >= 0.6 is 0 Å². The number of sulfone groups is 1. The first-order valence-electron chi connectivity index (χ1n) is 7.60. The van der Waals surface area contributed by atoms with Crippen LogP contribution in [-0.4, -0.2) is 54.8 Å². The van der Waals surface area contributed by atoms with Crippen molar-refractivity contribution in [3.63, 3.8) is 0 Å². The van der Waals surface area contributed by atoms with Gasteiger partial charge >= 0.3 is 0 Å². The number of amides is 2. The van der Waals surface area contributed by atoms with Crippen molar-refractivity contribution in [2.45, 2.75) is 57.4 Å². The summed E-state index contributed by atoms with van der Waals surface area (Å²) in [7, 11) is -3.22. The van der Waals surface area contributed by atoms with Crippen LogP contribution in [0.15, 0.2) is 0 Å². The molecule has 1 aliphatic heterocycles. The molecule has 2 amide bonds. The van der Waals surface area contributed by atoms with Crippen molar-refractivity contribution in [3.8, 4) is 0 Å². The summed E-state index contributed by atoms with van der Waals surface area (Å²) in [6, 6.07) is -1.00. The summed E-state index contributed by atoms with van der Waals surface area (Å²) in [5.41, 5.74) is 0. The number of hydrogen-bond donors (Lipinski definition) is 1. The monoisotopic (exact) mass is 316 g/mol. The molecule has 2 fully saturated rings. The molecule has 0 spiro atoms. The fourth-order valence-electron chi connectivity index (χ4n) is 2.67. The summed E-state index contributed by atoms with van der Waals surface area (Å²) in [5.74, 6) is -0.170. The van der Waals surface area contributed by atoms with Gasteiger partial charge in [0, 0.05) is 6.54 Å². The largest absolute Gasteiger partial charge is 0.343 e. The van der Waals surface area contributed by atoms with Gasteiger partial charge in [0.25, 0.3) is 0 Å². The second-order valence-corrected chi connectivity index (χ2v) is 8.88. The van der Waals surface area contributed by atoms with Gasteiger partial charge in [0.1, 0.15) is 12.1 Å². The maximum absolute atomic E-state index is 12.4. The van der Waals surface area contributed by atoms with Crippen LogP contribution < -0.4 is 5.32 Å². The van der Waals surface area contributed by atoms with Crippen LogP contribution in [0.3, 0.4) is 0 Å². The summed E-state index contributed by atoms with van der Waals surface area (Å²) < 4.78 is 23.9. The Kier molecular flexibility index (Phi) is 4.60. The third-order valence-electron chi connectivity index (χ3n) is 4.31. The molecule has 0 aromatic heterocycles. The second kappa shape index (κ2) is 5.94. The molecule has 6 nitrogen and oxygen atoms in total. The first-order chi connectivity index (χ1) is 9.77. The number of piperazine rings is 1. The highest BCUT2D eigenvalue weighted by Gasteiger charge is 2.47. The highest BCUT2D eigenvalue weighted by molar-refractivity contribution is 7.92. The molecule has 2 aliphatic rings. The van der Waals surface area contributed by atoms with Crippen LogP contribution in [0.1, 0.15) is 40.0 Å². The predicted octanol–water partition coefficient (Wildman–Crippen LogP) is 0.325. The molecule has 120 valence electrons. The highest BCUT2D eigenvalue weighted by atomic mass is 32.2. The van der Waals surface area contributed by atoms with E-state index in [1.165, 1.54) is 4.90 Å². The summed E-state index contributed by atoms with van der Waals surface area (Å²) in [5, 5.41) is 2.29. The smallest absolute Gasteiger partial charge is 0.245 e. The van der Waals surface area contributed by atoms with Crippen molar-refractivity contribution in [2.75, 3.05) is 12.3 Å². The lowest BCUT2D eigenvalue weighted by Crippen LogP contribution is -2.64. The quantitative estimate of drug-likeness (QED) is 0.765. The fraction of sp³-hybridized carbons (Fsp3) is 0.857. The van der Waals surface area contributed by atoms with Crippen LogP contribution in [0.25, 0.3) is 0 Å². The summed E-state index contributed by atoms with van der Waals surface area (Å²) in [6.45, 7) is 5.22. The Hall–Kier alpha value is -1.11. The lowest BCUT2D eigenvalue weighted by Gasteiger charge is -2.39. The zero-order valence-electron chi connectivity index (χ0n) is 12.8. The van der Waals surface area contributed by atoms with Crippen molar-refractivity contribution < 1.29 is 18.0 Å². The Balaban J connectivity index is 2.15. The summed E-state index contributed by atoms with van der Waals surface area (Å²) >= 11 is 0. The van der Waals surface area contributed by atoms with Gasteiger partial charge in [-0.1, -0.05) is 6.92 Å². The molecule has 2 rings (SSSR count). The van der Waals surface area contributed by atoms with Crippen molar-refractivity contribution in [2.24, 2.45) is 5.92 Å². The molecule has 1 saturated heterocycles. The molecule has 0 aromatic rings. The van der Waals surface area contributed by atoms with Crippen LogP contribution in [0, 0.1) is 5.92 Å². The maximum Gasteiger partial charge on any atom is 0.245 e. The van der Waals surface area contributed by atoms with Crippen LogP contribution in [0.4, 0.5) is 0 Å². The minimum atomic E-state index is -3.22. The van der Waals surface area contributed by atoms with Gasteiger partial charge in [-0.25, -0.2) is 8.42 Å². The van der Waals surface area contributed by atoms with Gasteiger partial charge in [-0.05, 0) is 39.0 Å². The number of rotatable bonds is 6. The zero-order valence-corrected chi connectivity index (χ0v) is 13.6. The molecular formula is C14H24N2O4S. The van der Waals surface area contributed by atoms with Gasteiger partial charge in [0.2, 0.25) is 11.8 Å². The molecule has 2 unspecified atom stereocenters. The third kappa shape index (κ3) is 3.39. The van der Waals surface area contributed by atoms with Gasteiger partial charge in [-0.15, -0.1) is 0 Å². The van der Waals surface area contributed by atoms with E-state index < -0.39 is 27.2 Å². The van der Waals surface area contributed by atoms with E-state index in [0.29, 0.717) is 6.42 Å². The number of nitrogens with zero attached hydrogens (tertiary/aromatic N) is 1. The van der Waals surface area contributed by atoms with Gasteiger partial charge in [0.15, 0.2) is 9.84 Å². The molecule has 7 heteroatoms. The molecule has 1 heterocycles. The predicted molar refractivity (Wildman–Crippen MR) is 79.4 cm³/mol. The van der Waals surface area contributed by atoms with E-state index in [4.69, 9.17) is 0 Å². The van der Waals surface area contributed by atoms with E-state index in [1.807, 2.05) is 6.92 Å². The van der Waals surface area contributed by atoms with Crippen molar-refractivity contribution in [3.05, 3.63) is 0 Å². The van der Waals surface area contributed by atoms with E-state index >= 15 is 0 Å². The van der Waals surface area contributed by atoms with Gasteiger partial charge in [0.05, 0.1) is 11.0 Å². The third-order valence-corrected chi connectivity index (χ3v) is 6.50. The SMILES string of the molecule is CCC1NC(=O)C(C2CC2)N(CCS(=O)(=O)C(C)C)C1=O. The van der Waals surface area contributed by atoms with Crippen LogP contribution in [-0.2, 0) is 19.4 Å². The zero-order chi connectivity index (χ0) is 15.8. The first kappa shape index (κ1) is 16.3. The number of hydrogen-bond acceptors (Lipinski definition) is 4. The average molecular weight is 316 g/mol. The minimum absolute atomic E-state index is 0.0800. The maximum atomic E-state index is 12.4. The minimum Gasteiger partial charge on any atom is -0.343 e. The molecule has 21 heavy (non-hydrogen) atoms. The van der Waals surface area contributed by atoms with Crippen molar-refractivity contribution in [1.29, 1.82) is 0 Å². The van der Waals surface area contributed by atoms with Gasteiger partial charge in [-0.2, -0.15) is 0 Å². The topological polar surface area (TPSA) is 83.6 Å². The molecule has 0 bridgehead atoms. The normalized spacial score (nSPS) is 27.1. The Labute approximate surface area is 126 Å². The Bertz CT molecular complexity index is 525. The molecule has 0 radical (unpaired) electrons. The van der Waals surface area contributed by atoms with E-state index in [-0.39, 0.29) is 30.0 Å². The Morgan fingerprint density at radius 3 is 2.38 bits per heavy atom. The molecule has 1 N–H and O–H groups in total. The van der Waals surface area contributed by atoms with Gasteiger partial charge < -0.3 is 10.2 Å². The standard InChI is InChI=1S/C14H24N2O4S/c1-4-11-14(18)16(7-8-21(19,20)9(2)3)12(10-5-6-10)13(17)15-11/h9-12H,4-8H2,1-3H3,(H,15,17). The lowest BCUT2D eigenvalue weighted by atomic mass is 10.0. The van der Waals surface area contributed by atoms with E-state index in [9.17, 15) is 18.0 Å². The lowest BCUT2D eigenvalue weighted by molar-refractivity contribution is -0.150. The number of carbonyl (C=O) groups is 2. The van der Waals surface area contributed by atoms with Crippen molar-refractivity contribution >= 4 is 21.7 Å². The van der Waals surface area contributed by atoms with Gasteiger partial charge in [-0.3, -0.25) is 9.59 Å². The van der Waals surface area contributed by atoms with E-state index in [0.717, 1.165) is 12.8 Å². The molecule has 2 atom stereocenters. The van der Waals surface area contributed by atoms with Crippen LogP contribution in [0.5, 0.6) is 0 Å². The van der Waals surface area contributed by atoms with E-state index in [1.54, 1.807) is 13.8 Å². The highest BCUT2D eigenvalue weighted by Crippen LogP contribution is 2.37. The average Bonchev–Trinajstić information content (AvgIpc) is 3.23. The first-order valence-corrected chi connectivity index (χ1v) is 9.32. The molecule has 1 aliphatic carbocycles. The van der Waals surface area contributed by atoms with E-state index in [2.05, 4.69) is 5.32 Å². The second-order valence-electron chi connectivity index (χ2n) is 6.20. The fourth-order valence-corrected chi connectivity index (χ4v) is 3.59.